The van der Waals surface area contributed by atoms with Crippen molar-refractivity contribution in [2.45, 2.75) is 43.8 Å². The highest BCUT2D eigenvalue weighted by molar-refractivity contribution is 5.89. The molecule has 6 heteroatoms. The van der Waals surface area contributed by atoms with Gasteiger partial charge in [0.2, 0.25) is 5.91 Å². The summed E-state index contributed by atoms with van der Waals surface area (Å²) in [6.45, 7) is 0.332. The van der Waals surface area contributed by atoms with E-state index in [-0.39, 0.29) is 18.0 Å². The first-order chi connectivity index (χ1) is 10.6. The molecule has 22 heavy (non-hydrogen) atoms. The minimum Gasteiger partial charge on any atom is -0.369 e. The number of benzene rings is 1. The first kappa shape index (κ1) is 14.8. The smallest absolute Gasteiger partial charge is 0.319 e. The molecule has 3 rings (SSSR count). The fourth-order valence-corrected chi connectivity index (χ4v) is 3.70. The Labute approximate surface area is 130 Å². The lowest BCUT2D eigenvalue weighted by atomic mass is 9.97. The predicted molar refractivity (Wildman–Crippen MR) is 84.3 cm³/mol. The number of nitrogens with one attached hydrogen (secondary N) is 2. The van der Waals surface area contributed by atoms with E-state index in [0.717, 1.165) is 31.4 Å². The maximum absolute atomic E-state index is 12.1. The van der Waals surface area contributed by atoms with Gasteiger partial charge in [0.05, 0.1) is 6.54 Å². The molecule has 1 aromatic carbocycles. The van der Waals surface area contributed by atoms with Gasteiger partial charge in [0, 0.05) is 23.8 Å². The zero-order valence-electron chi connectivity index (χ0n) is 12.5. The van der Waals surface area contributed by atoms with Crippen molar-refractivity contribution in [3.8, 4) is 0 Å². The number of amides is 3. The maximum Gasteiger partial charge on any atom is 0.319 e. The molecule has 3 amide bonds. The second kappa shape index (κ2) is 6.36. The molecule has 118 valence electrons. The Bertz CT molecular complexity index is 534. The molecular weight excluding hydrogens is 280 g/mol. The highest BCUT2D eigenvalue weighted by atomic mass is 16.2. The van der Waals surface area contributed by atoms with Crippen LogP contribution in [0.1, 0.15) is 25.7 Å². The molecule has 2 aliphatic heterocycles. The lowest BCUT2D eigenvalue weighted by Gasteiger charge is -2.38. The highest BCUT2D eigenvalue weighted by Crippen LogP contribution is 2.35. The minimum absolute atomic E-state index is 0.158. The number of hydrogen-bond acceptors (Lipinski definition) is 3. The lowest BCUT2D eigenvalue weighted by molar-refractivity contribution is -0.120. The van der Waals surface area contributed by atoms with Gasteiger partial charge in [-0.1, -0.05) is 18.2 Å². The van der Waals surface area contributed by atoms with Crippen LogP contribution in [0.25, 0.3) is 0 Å². The Balaban J connectivity index is 1.53. The number of nitrogens with two attached hydrogens (primary N) is 1. The summed E-state index contributed by atoms with van der Waals surface area (Å²) in [6, 6.07) is 10.1. The van der Waals surface area contributed by atoms with Crippen LogP contribution in [0.5, 0.6) is 0 Å². The standard InChI is InChI=1S/C16H22N4O2/c17-15(21)10-20-13-6-7-14(20)9-12(8-13)19-16(22)18-11-4-2-1-3-5-11/h1-5,12-14H,6-10H2,(H2,17,21)(H2,18,19,22)/t12?,13-,14+. The monoisotopic (exact) mass is 302 g/mol. The van der Waals surface area contributed by atoms with Gasteiger partial charge in [-0.3, -0.25) is 9.69 Å². The number of hydrogen-bond donors (Lipinski definition) is 3. The first-order valence-electron chi connectivity index (χ1n) is 7.78. The van der Waals surface area contributed by atoms with E-state index in [1.54, 1.807) is 0 Å². The van der Waals surface area contributed by atoms with Crippen LogP contribution in [0.4, 0.5) is 10.5 Å². The van der Waals surface area contributed by atoms with E-state index in [2.05, 4.69) is 15.5 Å². The van der Waals surface area contributed by atoms with Gasteiger partial charge >= 0.3 is 6.03 Å². The van der Waals surface area contributed by atoms with Crippen molar-refractivity contribution in [1.82, 2.24) is 10.2 Å². The molecule has 6 nitrogen and oxygen atoms in total. The van der Waals surface area contributed by atoms with Gasteiger partial charge < -0.3 is 16.4 Å². The molecule has 1 unspecified atom stereocenters. The Morgan fingerprint density at radius 2 is 1.77 bits per heavy atom. The van der Waals surface area contributed by atoms with Crippen LogP contribution in [0, 0.1) is 0 Å². The molecule has 3 atom stereocenters. The second-order valence-corrected chi connectivity index (χ2v) is 6.16. The quantitative estimate of drug-likeness (QED) is 0.783. The van der Waals surface area contributed by atoms with E-state index in [1.165, 1.54) is 0 Å². The first-order valence-corrected chi connectivity index (χ1v) is 7.78. The number of para-hydroxylation sites is 1. The normalized spacial score (nSPS) is 27.4. The molecule has 0 aromatic heterocycles. The predicted octanol–water partition coefficient (Wildman–Crippen LogP) is 1.29. The number of anilines is 1. The van der Waals surface area contributed by atoms with Crippen molar-refractivity contribution in [2.75, 3.05) is 11.9 Å². The molecule has 2 bridgehead atoms. The number of rotatable bonds is 4. The van der Waals surface area contributed by atoms with Crippen LogP contribution >= 0.6 is 0 Å². The molecule has 2 fully saturated rings. The number of fused-ring (bicyclic) bond motifs is 2. The summed E-state index contributed by atoms with van der Waals surface area (Å²) in [5.74, 6) is -0.273. The minimum atomic E-state index is -0.273. The topological polar surface area (TPSA) is 87.5 Å². The molecule has 0 saturated carbocycles. The summed E-state index contributed by atoms with van der Waals surface area (Å²) in [4.78, 5) is 25.4. The van der Waals surface area contributed by atoms with Crippen molar-refractivity contribution in [3.63, 3.8) is 0 Å². The van der Waals surface area contributed by atoms with Gasteiger partial charge in [0.1, 0.15) is 0 Å². The summed E-state index contributed by atoms with van der Waals surface area (Å²) in [6.07, 6.45) is 3.92. The van der Waals surface area contributed by atoms with E-state index in [0.29, 0.717) is 18.6 Å². The van der Waals surface area contributed by atoms with Crippen molar-refractivity contribution in [3.05, 3.63) is 30.3 Å². The van der Waals surface area contributed by atoms with E-state index < -0.39 is 0 Å². The van der Waals surface area contributed by atoms with Gasteiger partial charge in [-0.05, 0) is 37.8 Å². The third kappa shape index (κ3) is 3.39. The van der Waals surface area contributed by atoms with Crippen LogP contribution < -0.4 is 16.4 Å². The summed E-state index contributed by atoms with van der Waals surface area (Å²) in [5.41, 5.74) is 6.10. The van der Waals surface area contributed by atoms with E-state index in [9.17, 15) is 9.59 Å². The highest BCUT2D eigenvalue weighted by Gasteiger charge is 2.41. The number of carbonyl (C=O) groups is 2. The summed E-state index contributed by atoms with van der Waals surface area (Å²) in [7, 11) is 0. The molecule has 0 radical (unpaired) electrons. The van der Waals surface area contributed by atoms with E-state index in [4.69, 9.17) is 5.73 Å². The Morgan fingerprint density at radius 1 is 1.14 bits per heavy atom. The summed E-state index contributed by atoms with van der Waals surface area (Å²) in [5, 5.41) is 5.89. The van der Waals surface area contributed by atoms with Gasteiger partial charge in [-0.15, -0.1) is 0 Å². The summed E-state index contributed by atoms with van der Waals surface area (Å²) < 4.78 is 0. The van der Waals surface area contributed by atoms with Crippen LogP contribution in [0.3, 0.4) is 0 Å². The van der Waals surface area contributed by atoms with Crippen LogP contribution in [0.2, 0.25) is 0 Å². The zero-order valence-corrected chi connectivity index (χ0v) is 12.5. The second-order valence-electron chi connectivity index (χ2n) is 6.16. The molecule has 0 aliphatic carbocycles. The molecule has 2 heterocycles. The van der Waals surface area contributed by atoms with Crippen molar-refractivity contribution < 1.29 is 9.59 Å². The molecule has 2 aliphatic rings. The van der Waals surface area contributed by atoms with E-state index >= 15 is 0 Å². The lowest BCUT2D eigenvalue weighted by Crippen LogP contribution is -2.52. The van der Waals surface area contributed by atoms with Crippen LogP contribution in [0.15, 0.2) is 30.3 Å². The van der Waals surface area contributed by atoms with Gasteiger partial charge in [0.25, 0.3) is 0 Å². The van der Waals surface area contributed by atoms with Gasteiger partial charge in [0.15, 0.2) is 0 Å². The van der Waals surface area contributed by atoms with Crippen molar-refractivity contribution >= 4 is 17.6 Å². The number of piperidine rings is 1. The Kier molecular flexibility index (Phi) is 4.29. The number of nitrogens with zero attached hydrogens (tertiary/aromatic N) is 1. The van der Waals surface area contributed by atoms with Crippen molar-refractivity contribution in [2.24, 2.45) is 5.73 Å². The molecule has 0 spiro atoms. The molecule has 4 N–H and O–H groups in total. The Hall–Kier alpha value is -2.08. The van der Waals surface area contributed by atoms with E-state index in [1.807, 2.05) is 30.3 Å². The third-order valence-electron chi connectivity index (χ3n) is 4.59. The fourth-order valence-electron chi connectivity index (χ4n) is 3.70. The molecular formula is C16H22N4O2. The number of urea groups is 1. The SMILES string of the molecule is NC(=O)CN1[C@@H]2CC[C@H]1CC(NC(=O)Nc1ccccc1)C2. The molecule has 1 aromatic rings. The number of carbonyl (C=O) groups excluding carboxylic acids is 2. The average molecular weight is 302 g/mol. The molecule has 2 saturated heterocycles. The zero-order chi connectivity index (χ0) is 15.5. The Morgan fingerprint density at radius 3 is 2.36 bits per heavy atom. The average Bonchev–Trinajstić information content (AvgIpc) is 2.70. The van der Waals surface area contributed by atoms with Crippen LogP contribution in [-0.2, 0) is 4.79 Å². The van der Waals surface area contributed by atoms with Crippen LogP contribution in [-0.4, -0.2) is 41.5 Å². The maximum atomic E-state index is 12.1. The fraction of sp³-hybridized carbons (Fsp3) is 0.500. The van der Waals surface area contributed by atoms with Crippen molar-refractivity contribution in [1.29, 1.82) is 0 Å². The van der Waals surface area contributed by atoms with Gasteiger partial charge in [-0.2, -0.15) is 0 Å². The number of primary amides is 1. The van der Waals surface area contributed by atoms with Gasteiger partial charge in [-0.25, -0.2) is 4.79 Å². The third-order valence-corrected chi connectivity index (χ3v) is 4.59. The summed E-state index contributed by atoms with van der Waals surface area (Å²) >= 11 is 0. The largest absolute Gasteiger partial charge is 0.369 e.